The molecule has 1 unspecified atom stereocenters. The molecule has 1 aliphatic carbocycles. The van der Waals surface area contributed by atoms with Gasteiger partial charge in [0.15, 0.2) is 0 Å². The number of rotatable bonds is 6. The zero-order valence-corrected chi connectivity index (χ0v) is 10.8. The average Bonchev–Trinajstić information content (AvgIpc) is 3.19. The SMILES string of the molecule is CCCN(c1ccc(C(O)CC)nc1)C1CC1. The van der Waals surface area contributed by atoms with E-state index in [0.717, 1.165) is 24.7 Å². The molecule has 1 N–H and O–H groups in total. The smallest absolute Gasteiger partial charge is 0.0957 e. The largest absolute Gasteiger partial charge is 0.387 e. The molecule has 3 heteroatoms. The van der Waals surface area contributed by atoms with Gasteiger partial charge in [0.05, 0.1) is 23.7 Å². The first kappa shape index (κ1) is 12.4. The lowest BCUT2D eigenvalue weighted by Gasteiger charge is -2.24. The minimum absolute atomic E-state index is 0.426. The number of nitrogens with zero attached hydrogens (tertiary/aromatic N) is 2. The van der Waals surface area contributed by atoms with Gasteiger partial charge in [0.2, 0.25) is 0 Å². The first-order valence-electron chi connectivity index (χ1n) is 6.67. The molecule has 3 nitrogen and oxygen atoms in total. The molecule has 2 rings (SSSR count). The van der Waals surface area contributed by atoms with Crippen molar-refractivity contribution in [2.45, 2.75) is 51.7 Å². The molecule has 0 amide bonds. The molecule has 1 saturated carbocycles. The third kappa shape index (κ3) is 2.97. The number of hydrogen-bond acceptors (Lipinski definition) is 3. The van der Waals surface area contributed by atoms with E-state index in [1.165, 1.54) is 18.5 Å². The third-order valence-corrected chi connectivity index (χ3v) is 3.28. The Morgan fingerprint density at radius 3 is 2.65 bits per heavy atom. The monoisotopic (exact) mass is 234 g/mol. The van der Waals surface area contributed by atoms with Gasteiger partial charge < -0.3 is 10.0 Å². The number of aliphatic hydroxyl groups excluding tert-OH is 1. The summed E-state index contributed by atoms with van der Waals surface area (Å²) in [4.78, 5) is 6.81. The van der Waals surface area contributed by atoms with E-state index in [0.29, 0.717) is 6.42 Å². The van der Waals surface area contributed by atoms with E-state index in [-0.39, 0.29) is 0 Å². The van der Waals surface area contributed by atoms with Crippen molar-refractivity contribution in [3.63, 3.8) is 0 Å². The summed E-state index contributed by atoms with van der Waals surface area (Å²) in [6, 6.07) is 4.77. The molecular weight excluding hydrogens is 212 g/mol. The van der Waals surface area contributed by atoms with Gasteiger partial charge in [-0.3, -0.25) is 4.98 Å². The first-order chi connectivity index (χ1) is 8.26. The van der Waals surface area contributed by atoms with Crippen molar-refractivity contribution in [1.82, 2.24) is 4.98 Å². The quantitative estimate of drug-likeness (QED) is 0.822. The fourth-order valence-electron chi connectivity index (χ4n) is 2.12. The molecule has 94 valence electrons. The molecule has 1 aromatic rings. The minimum Gasteiger partial charge on any atom is -0.387 e. The van der Waals surface area contributed by atoms with E-state index in [2.05, 4.69) is 22.9 Å². The van der Waals surface area contributed by atoms with Crippen molar-refractivity contribution < 1.29 is 5.11 Å². The predicted molar refractivity (Wildman–Crippen MR) is 70.1 cm³/mol. The molecule has 1 aliphatic rings. The summed E-state index contributed by atoms with van der Waals surface area (Å²) in [6.45, 7) is 5.27. The highest BCUT2D eigenvalue weighted by atomic mass is 16.3. The average molecular weight is 234 g/mol. The predicted octanol–water partition coefficient (Wildman–Crippen LogP) is 2.90. The number of hydrogen-bond donors (Lipinski definition) is 1. The van der Waals surface area contributed by atoms with Crippen molar-refractivity contribution >= 4 is 5.69 Å². The lowest BCUT2D eigenvalue weighted by Crippen LogP contribution is -2.26. The molecule has 1 heterocycles. The molecule has 1 fully saturated rings. The molecular formula is C14H22N2O. The maximum Gasteiger partial charge on any atom is 0.0957 e. The fourth-order valence-corrected chi connectivity index (χ4v) is 2.12. The van der Waals surface area contributed by atoms with Crippen LogP contribution >= 0.6 is 0 Å². The highest BCUT2D eigenvalue weighted by Crippen LogP contribution is 2.31. The van der Waals surface area contributed by atoms with E-state index < -0.39 is 6.10 Å². The summed E-state index contributed by atoms with van der Waals surface area (Å²) >= 11 is 0. The summed E-state index contributed by atoms with van der Waals surface area (Å²) in [5.74, 6) is 0. The van der Waals surface area contributed by atoms with Crippen LogP contribution in [0.1, 0.15) is 51.3 Å². The van der Waals surface area contributed by atoms with E-state index in [1.807, 2.05) is 19.2 Å². The lowest BCUT2D eigenvalue weighted by molar-refractivity contribution is 0.169. The Morgan fingerprint density at radius 1 is 1.41 bits per heavy atom. The zero-order chi connectivity index (χ0) is 12.3. The van der Waals surface area contributed by atoms with Gasteiger partial charge in [-0.05, 0) is 37.8 Å². The van der Waals surface area contributed by atoms with E-state index >= 15 is 0 Å². The zero-order valence-electron chi connectivity index (χ0n) is 10.8. The number of anilines is 1. The topological polar surface area (TPSA) is 36.4 Å². The van der Waals surface area contributed by atoms with Crippen molar-refractivity contribution in [3.8, 4) is 0 Å². The number of aliphatic hydroxyl groups is 1. The van der Waals surface area contributed by atoms with Crippen LogP contribution in [0.2, 0.25) is 0 Å². The van der Waals surface area contributed by atoms with Crippen LogP contribution in [-0.4, -0.2) is 22.7 Å². The Morgan fingerprint density at radius 2 is 2.18 bits per heavy atom. The van der Waals surface area contributed by atoms with Crippen LogP contribution in [0.15, 0.2) is 18.3 Å². The lowest BCUT2D eigenvalue weighted by atomic mass is 10.2. The van der Waals surface area contributed by atoms with Gasteiger partial charge in [-0.15, -0.1) is 0 Å². The summed E-state index contributed by atoms with van der Waals surface area (Å²) in [7, 11) is 0. The van der Waals surface area contributed by atoms with Crippen molar-refractivity contribution in [3.05, 3.63) is 24.0 Å². The van der Waals surface area contributed by atoms with Crippen LogP contribution in [0.4, 0.5) is 5.69 Å². The second-order valence-corrected chi connectivity index (χ2v) is 4.79. The Bertz CT molecular complexity index is 346. The standard InChI is InChI=1S/C14H22N2O/c1-3-9-16(11-5-6-11)12-7-8-13(15-10-12)14(17)4-2/h7-8,10-11,14,17H,3-6,9H2,1-2H3. The summed E-state index contributed by atoms with van der Waals surface area (Å²) in [5.41, 5.74) is 1.98. The Hall–Kier alpha value is -1.09. The molecule has 17 heavy (non-hydrogen) atoms. The minimum atomic E-state index is -0.426. The highest BCUT2D eigenvalue weighted by molar-refractivity contribution is 5.47. The summed E-state index contributed by atoms with van der Waals surface area (Å²) in [5, 5.41) is 9.71. The van der Waals surface area contributed by atoms with E-state index in [4.69, 9.17) is 0 Å². The normalized spacial score (nSPS) is 16.9. The fraction of sp³-hybridized carbons (Fsp3) is 0.643. The third-order valence-electron chi connectivity index (χ3n) is 3.28. The van der Waals surface area contributed by atoms with Gasteiger partial charge in [-0.25, -0.2) is 0 Å². The molecule has 0 bridgehead atoms. The first-order valence-corrected chi connectivity index (χ1v) is 6.67. The molecule has 0 aliphatic heterocycles. The van der Waals surface area contributed by atoms with Crippen LogP contribution in [-0.2, 0) is 0 Å². The van der Waals surface area contributed by atoms with E-state index in [9.17, 15) is 5.11 Å². The molecule has 0 spiro atoms. The van der Waals surface area contributed by atoms with E-state index in [1.54, 1.807) is 0 Å². The van der Waals surface area contributed by atoms with Crippen LogP contribution in [0.5, 0.6) is 0 Å². The van der Waals surface area contributed by atoms with Crippen LogP contribution < -0.4 is 4.90 Å². The summed E-state index contributed by atoms with van der Waals surface area (Å²) in [6.07, 6.45) is 5.97. The Kier molecular flexibility index (Phi) is 4.00. The number of aromatic nitrogens is 1. The van der Waals surface area contributed by atoms with Gasteiger partial charge in [0.1, 0.15) is 0 Å². The number of pyridine rings is 1. The van der Waals surface area contributed by atoms with Crippen LogP contribution in [0.3, 0.4) is 0 Å². The Labute approximate surface area is 103 Å². The maximum absolute atomic E-state index is 9.71. The molecule has 0 radical (unpaired) electrons. The molecule has 1 aromatic heterocycles. The second-order valence-electron chi connectivity index (χ2n) is 4.79. The van der Waals surface area contributed by atoms with Crippen molar-refractivity contribution in [1.29, 1.82) is 0 Å². The van der Waals surface area contributed by atoms with Gasteiger partial charge in [0.25, 0.3) is 0 Å². The molecule has 1 atom stereocenters. The summed E-state index contributed by atoms with van der Waals surface area (Å²) < 4.78 is 0. The van der Waals surface area contributed by atoms with Crippen LogP contribution in [0, 0.1) is 0 Å². The molecule has 0 aromatic carbocycles. The van der Waals surface area contributed by atoms with Gasteiger partial charge in [-0.1, -0.05) is 13.8 Å². The Balaban J connectivity index is 2.09. The van der Waals surface area contributed by atoms with Gasteiger partial charge in [0, 0.05) is 12.6 Å². The van der Waals surface area contributed by atoms with Crippen molar-refractivity contribution in [2.24, 2.45) is 0 Å². The van der Waals surface area contributed by atoms with Gasteiger partial charge in [-0.2, -0.15) is 0 Å². The van der Waals surface area contributed by atoms with Crippen molar-refractivity contribution in [2.75, 3.05) is 11.4 Å². The second kappa shape index (κ2) is 5.50. The highest BCUT2D eigenvalue weighted by Gasteiger charge is 2.28. The van der Waals surface area contributed by atoms with Gasteiger partial charge >= 0.3 is 0 Å². The molecule has 0 saturated heterocycles. The van der Waals surface area contributed by atoms with Crippen LogP contribution in [0.25, 0.3) is 0 Å². The maximum atomic E-state index is 9.71.